The minimum Gasteiger partial charge on any atom is -0.495 e. The van der Waals surface area contributed by atoms with E-state index >= 15 is 0 Å². The first-order valence-electron chi connectivity index (χ1n) is 8.73. The van der Waals surface area contributed by atoms with E-state index in [4.69, 9.17) is 16.3 Å². The zero-order valence-corrected chi connectivity index (χ0v) is 14.9. The number of ether oxygens (including phenoxy) is 1. The number of carbonyl (C=O) groups is 1. The van der Waals surface area contributed by atoms with E-state index in [1.807, 2.05) is 0 Å². The Morgan fingerprint density at radius 2 is 2.04 bits per heavy atom. The molecule has 1 saturated carbocycles. The molecule has 1 aliphatic heterocycles. The number of anilines is 1. The smallest absolute Gasteiger partial charge is 0.238 e. The van der Waals surface area contributed by atoms with Gasteiger partial charge < -0.3 is 15.4 Å². The Labute approximate surface area is 148 Å². The first-order chi connectivity index (χ1) is 11.6. The van der Waals surface area contributed by atoms with Gasteiger partial charge in [-0.15, -0.1) is 0 Å². The molecule has 0 spiro atoms. The van der Waals surface area contributed by atoms with Crippen molar-refractivity contribution in [3.05, 3.63) is 23.2 Å². The number of carbonyl (C=O) groups excluding carboxylic acids is 1. The van der Waals surface area contributed by atoms with Crippen LogP contribution in [-0.2, 0) is 4.79 Å². The second-order valence-electron chi connectivity index (χ2n) is 6.80. The number of nitrogens with one attached hydrogen (secondary N) is 2. The highest BCUT2D eigenvalue weighted by atomic mass is 35.5. The zero-order chi connectivity index (χ0) is 16.9. The van der Waals surface area contributed by atoms with Gasteiger partial charge in [0, 0.05) is 24.8 Å². The molecule has 3 rings (SSSR count). The van der Waals surface area contributed by atoms with E-state index in [0.717, 1.165) is 31.8 Å². The van der Waals surface area contributed by atoms with Gasteiger partial charge in [-0.3, -0.25) is 9.69 Å². The maximum Gasteiger partial charge on any atom is 0.238 e. The van der Waals surface area contributed by atoms with E-state index in [-0.39, 0.29) is 5.91 Å². The fourth-order valence-corrected chi connectivity index (χ4v) is 3.36. The summed E-state index contributed by atoms with van der Waals surface area (Å²) in [5.41, 5.74) is 0.701. The van der Waals surface area contributed by atoms with E-state index in [1.54, 1.807) is 25.3 Å². The van der Waals surface area contributed by atoms with Crippen molar-refractivity contribution in [2.24, 2.45) is 5.92 Å². The van der Waals surface area contributed by atoms with Crippen molar-refractivity contribution in [2.45, 2.75) is 31.7 Å². The summed E-state index contributed by atoms with van der Waals surface area (Å²) in [6, 6.07) is 5.89. The van der Waals surface area contributed by atoms with Gasteiger partial charge in [-0.2, -0.15) is 0 Å². The second kappa shape index (κ2) is 8.19. The molecular weight excluding hydrogens is 326 g/mol. The highest BCUT2D eigenvalue weighted by molar-refractivity contribution is 6.32. The maximum absolute atomic E-state index is 12.2. The van der Waals surface area contributed by atoms with Gasteiger partial charge in [0.05, 0.1) is 18.7 Å². The quantitative estimate of drug-likeness (QED) is 0.793. The van der Waals surface area contributed by atoms with Crippen LogP contribution >= 0.6 is 11.6 Å². The summed E-state index contributed by atoms with van der Waals surface area (Å²) in [7, 11) is 1.57. The second-order valence-corrected chi connectivity index (χ2v) is 7.21. The van der Waals surface area contributed by atoms with Gasteiger partial charge in [0.25, 0.3) is 0 Å². The van der Waals surface area contributed by atoms with Crippen LogP contribution in [0.4, 0.5) is 5.69 Å². The lowest BCUT2D eigenvalue weighted by Gasteiger charge is -2.32. The van der Waals surface area contributed by atoms with Crippen molar-refractivity contribution in [3.63, 3.8) is 0 Å². The number of piperidine rings is 1. The molecule has 5 nitrogen and oxygen atoms in total. The van der Waals surface area contributed by atoms with Gasteiger partial charge in [0.15, 0.2) is 0 Å². The Kier molecular flexibility index (Phi) is 5.98. The average molecular weight is 352 g/mol. The number of rotatable bonds is 7. The third-order valence-electron chi connectivity index (χ3n) is 4.78. The molecule has 0 radical (unpaired) electrons. The molecule has 1 heterocycles. The summed E-state index contributed by atoms with van der Waals surface area (Å²) < 4.78 is 5.12. The number of halogens is 1. The summed E-state index contributed by atoms with van der Waals surface area (Å²) in [4.78, 5) is 14.4. The molecule has 24 heavy (non-hydrogen) atoms. The SMILES string of the molecule is COc1ccc(NC(=O)CN2CCC(NCC3CC3)CC2)cc1Cl. The van der Waals surface area contributed by atoms with Gasteiger partial charge in [-0.1, -0.05) is 11.6 Å². The lowest BCUT2D eigenvalue weighted by Crippen LogP contribution is -2.45. The molecule has 2 N–H and O–H groups in total. The van der Waals surface area contributed by atoms with E-state index in [1.165, 1.54) is 19.4 Å². The summed E-state index contributed by atoms with van der Waals surface area (Å²) in [6.45, 7) is 3.54. The van der Waals surface area contributed by atoms with Crippen LogP contribution in [-0.4, -0.2) is 50.1 Å². The molecule has 2 aliphatic rings. The molecule has 0 aromatic heterocycles. The zero-order valence-electron chi connectivity index (χ0n) is 14.2. The van der Waals surface area contributed by atoms with E-state index in [9.17, 15) is 4.79 Å². The summed E-state index contributed by atoms with van der Waals surface area (Å²) in [5.74, 6) is 1.53. The van der Waals surface area contributed by atoms with Gasteiger partial charge in [0.2, 0.25) is 5.91 Å². The standard InChI is InChI=1S/C18H26ClN3O2/c1-24-17-5-4-15(10-16(17)19)21-18(23)12-22-8-6-14(7-9-22)20-11-13-2-3-13/h4-5,10,13-14,20H,2-3,6-9,11-12H2,1H3,(H,21,23). The Hall–Kier alpha value is -1.30. The van der Waals surface area contributed by atoms with Crippen LogP contribution in [0.15, 0.2) is 18.2 Å². The number of hydrogen-bond acceptors (Lipinski definition) is 4. The number of methoxy groups -OCH3 is 1. The number of amides is 1. The predicted molar refractivity (Wildman–Crippen MR) is 96.8 cm³/mol. The number of likely N-dealkylation sites (tertiary alicyclic amines) is 1. The lowest BCUT2D eigenvalue weighted by molar-refractivity contribution is -0.117. The first-order valence-corrected chi connectivity index (χ1v) is 9.11. The minimum atomic E-state index is 0.000577. The molecule has 1 saturated heterocycles. The third-order valence-corrected chi connectivity index (χ3v) is 5.08. The van der Waals surface area contributed by atoms with Crippen LogP contribution in [0.1, 0.15) is 25.7 Å². The fraction of sp³-hybridized carbons (Fsp3) is 0.611. The van der Waals surface area contributed by atoms with Crippen molar-refractivity contribution in [3.8, 4) is 5.75 Å². The minimum absolute atomic E-state index is 0.000577. The topological polar surface area (TPSA) is 53.6 Å². The third kappa shape index (κ3) is 5.10. The normalized spacial score (nSPS) is 19.2. The van der Waals surface area contributed by atoms with E-state index in [0.29, 0.717) is 29.0 Å². The van der Waals surface area contributed by atoms with Crippen LogP contribution in [0.3, 0.4) is 0 Å². The van der Waals surface area contributed by atoms with Crippen molar-refractivity contribution < 1.29 is 9.53 Å². The Morgan fingerprint density at radius 1 is 1.29 bits per heavy atom. The van der Waals surface area contributed by atoms with E-state index in [2.05, 4.69) is 15.5 Å². The van der Waals surface area contributed by atoms with Gasteiger partial charge in [-0.25, -0.2) is 0 Å². The molecule has 6 heteroatoms. The molecule has 1 aromatic rings. The maximum atomic E-state index is 12.2. The largest absolute Gasteiger partial charge is 0.495 e. The molecule has 2 fully saturated rings. The number of hydrogen-bond donors (Lipinski definition) is 2. The summed E-state index contributed by atoms with van der Waals surface area (Å²) >= 11 is 6.08. The molecule has 0 unspecified atom stereocenters. The van der Waals surface area contributed by atoms with Gasteiger partial charge in [0.1, 0.15) is 5.75 Å². The Bertz CT molecular complexity index is 569. The monoisotopic (exact) mass is 351 g/mol. The lowest BCUT2D eigenvalue weighted by atomic mass is 10.0. The van der Waals surface area contributed by atoms with Crippen molar-refractivity contribution >= 4 is 23.2 Å². The molecule has 0 bridgehead atoms. The van der Waals surface area contributed by atoms with Crippen molar-refractivity contribution in [2.75, 3.05) is 38.6 Å². The molecule has 0 atom stereocenters. The molecule has 132 valence electrons. The molecular formula is C18H26ClN3O2. The van der Waals surface area contributed by atoms with E-state index < -0.39 is 0 Å². The average Bonchev–Trinajstić information content (AvgIpc) is 3.39. The highest BCUT2D eigenvalue weighted by Gasteiger charge is 2.25. The molecule has 1 aromatic carbocycles. The first kappa shape index (κ1) is 17.5. The Morgan fingerprint density at radius 3 is 2.67 bits per heavy atom. The van der Waals surface area contributed by atoms with Gasteiger partial charge in [-0.05, 0) is 56.3 Å². The van der Waals surface area contributed by atoms with Crippen molar-refractivity contribution in [1.29, 1.82) is 0 Å². The predicted octanol–water partition coefficient (Wildman–Crippen LogP) is 2.75. The number of benzene rings is 1. The highest BCUT2D eigenvalue weighted by Crippen LogP contribution is 2.28. The van der Waals surface area contributed by atoms with Gasteiger partial charge >= 0.3 is 0 Å². The van der Waals surface area contributed by atoms with Crippen LogP contribution < -0.4 is 15.4 Å². The van der Waals surface area contributed by atoms with Crippen molar-refractivity contribution in [1.82, 2.24) is 10.2 Å². The van der Waals surface area contributed by atoms with Crippen LogP contribution in [0.2, 0.25) is 5.02 Å². The molecule has 1 aliphatic carbocycles. The fourth-order valence-electron chi connectivity index (χ4n) is 3.10. The Balaban J connectivity index is 1.39. The van der Waals surface area contributed by atoms with Crippen LogP contribution in [0.5, 0.6) is 5.75 Å². The van der Waals surface area contributed by atoms with Crippen LogP contribution in [0.25, 0.3) is 0 Å². The van der Waals surface area contributed by atoms with Crippen LogP contribution in [0, 0.1) is 5.92 Å². The summed E-state index contributed by atoms with van der Waals surface area (Å²) in [5, 5.41) is 7.06. The molecule has 1 amide bonds. The summed E-state index contributed by atoms with van der Waals surface area (Å²) in [6.07, 6.45) is 5.02. The number of nitrogens with zero attached hydrogens (tertiary/aromatic N) is 1.